The number of amides is 1. The van der Waals surface area contributed by atoms with E-state index in [2.05, 4.69) is 19.2 Å². The van der Waals surface area contributed by atoms with E-state index in [0.29, 0.717) is 0 Å². The lowest BCUT2D eigenvalue weighted by Gasteiger charge is -2.27. The molecule has 0 aromatic heterocycles. The minimum atomic E-state index is 0.0481. The smallest absolute Gasteiger partial charge is 0.226 e. The van der Waals surface area contributed by atoms with Crippen molar-refractivity contribution in [2.45, 2.75) is 26.7 Å². The van der Waals surface area contributed by atoms with Crippen LogP contribution in [0.3, 0.4) is 0 Å². The van der Waals surface area contributed by atoms with E-state index in [-0.39, 0.29) is 29.8 Å². The summed E-state index contributed by atoms with van der Waals surface area (Å²) < 4.78 is 0. The molecule has 98 valence electrons. The molecule has 2 fully saturated rings. The van der Waals surface area contributed by atoms with Crippen molar-refractivity contribution in [2.75, 3.05) is 32.8 Å². The third-order valence-electron chi connectivity index (χ3n) is 4.32. The molecule has 0 saturated carbocycles. The summed E-state index contributed by atoms with van der Waals surface area (Å²) in [7, 11) is 0. The van der Waals surface area contributed by atoms with Gasteiger partial charge in [0.15, 0.2) is 0 Å². The zero-order valence-electron chi connectivity index (χ0n) is 10.9. The van der Waals surface area contributed by atoms with Crippen molar-refractivity contribution in [3.8, 4) is 0 Å². The van der Waals surface area contributed by atoms with Gasteiger partial charge in [0, 0.05) is 32.2 Å². The van der Waals surface area contributed by atoms with E-state index in [4.69, 9.17) is 0 Å². The maximum atomic E-state index is 12.4. The van der Waals surface area contributed by atoms with E-state index in [1.54, 1.807) is 0 Å². The number of piperidine rings is 1. The summed E-state index contributed by atoms with van der Waals surface area (Å²) in [5.41, 5.74) is 0.0481. The second-order valence-electron chi connectivity index (χ2n) is 6.13. The number of rotatable bonds is 2. The molecular weight excluding hydrogens is 216 g/mol. The minimum Gasteiger partial charge on any atom is -0.396 e. The first-order chi connectivity index (χ1) is 8.04. The van der Waals surface area contributed by atoms with Gasteiger partial charge in [-0.05, 0) is 24.8 Å². The van der Waals surface area contributed by atoms with E-state index in [1.165, 1.54) is 0 Å². The number of nitrogens with zero attached hydrogens (tertiary/aromatic N) is 1. The number of aliphatic hydroxyl groups is 1. The van der Waals surface area contributed by atoms with Crippen LogP contribution in [0.1, 0.15) is 26.7 Å². The summed E-state index contributed by atoms with van der Waals surface area (Å²) in [4.78, 5) is 14.3. The van der Waals surface area contributed by atoms with Crippen LogP contribution in [-0.2, 0) is 4.79 Å². The predicted octanol–water partition coefficient (Wildman–Crippen LogP) is 0.463. The van der Waals surface area contributed by atoms with E-state index in [9.17, 15) is 9.90 Å². The van der Waals surface area contributed by atoms with Crippen LogP contribution < -0.4 is 5.32 Å². The Balaban J connectivity index is 1.97. The Bertz CT molecular complexity index is 285. The van der Waals surface area contributed by atoms with Gasteiger partial charge in [-0.15, -0.1) is 0 Å². The molecule has 0 bridgehead atoms. The summed E-state index contributed by atoms with van der Waals surface area (Å²) in [6, 6.07) is 0. The van der Waals surface area contributed by atoms with Crippen LogP contribution in [0.2, 0.25) is 0 Å². The number of hydrogen-bond acceptors (Lipinski definition) is 3. The van der Waals surface area contributed by atoms with Crippen LogP contribution in [0.15, 0.2) is 0 Å². The number of carbonyl (C=O) groups is 1. The monoisotopic (exact) mass is 240 g/mol. The van der Waals surface area contributed by atoms with Crippen LogP contribution in [0.5, 0.6) is 0 Å². The van der Waals surface area contributed by atoms with Gasteiger partial charge >= 0.3 is 0 Å². The quantitative estimate of drug-likeness (QED) is 0.737. The maximum Gasteiger partial charge on any atom is 0.226 e. The van der Waals surface area contributed by atoms with Gasteiger partial charge in [-0.3, -0.25) is 4.79 Å². The number of carbonyl (C=O) groups excluding carboxylic acids is 1. The van der Waals surface area contributed by atoms with Gasteiger partial charge in [-0.25, -0.2) is 0 Å². The molecule has 2 N–H and O–H groups in total. The molecule has 0 aromatic carbocycles. The Morgan fingerprint density at radius 3 is 2.82 bits per heavy atom. The number of nitrogens with one attached hydrogen (secondary N) is 1. The average molecular weight is 240 g/mol. The molecule has 0 spiro atoms. The predicted molar refractivity (Wildman–Crippen MR) is 66.5 cm³/mol. The van der Waals surface area contributed by atoms with Crippen molar-refractivity contribution in [3.05, 3.63) is 0 Å². The topological polar surface area (TPSA) is 52.6 Å². The van der Waals surface area contributed by atoms with Crippen molar-refractivity contribution in [1.82, 2.24) is 10.2 Å². The van der Waals surface area contributed by atoms with Gasteiger partial charge in [-0.2, -0.15) is 0 Å². The Hall–Kier alpha value is -0.610. The van der Waals surface area contributed by atoms with E-state index in [0.717, 1.165) is 39.0 Å². The van der Waals surface area contributed by atoms with E-state index < -0.39 is 0 Å². The highest BCUT2D eigenvalue weighted by Crippen LogP contribution is 2.35. The van der Waals surface area contributed by atoms with E-state index in [1.807, 2.05) is 4.90 Å². The highest BCUT2D eigenvalue weighted by atomic mass is 16.3. The number of hydrogen-bond donors (Lipinski definition) is 2. The molecule has 2 atom stereocenters. The van der Waals surface area contributed by atoms with Crippen molar-refractivity contribution in [1.29, 1.82) is 0 Å². The SMILES string of the molecule is CC1(C)CN(C(=O)C2CCCNC2)CC1CO. The van der Waals surface area contributed by atoms with Crippen molar-refractivity contribution in [3.63, 3.8) is 0 Å². The first-order valence-corrected chi connectivity index (χ1v) is 6.65. The number of aliphatic hydroxyl groups excluding tert-OH is 1. The molecule has 0 radical (unpaired) electrons. The molecule has 4 nitrogen and oxygen atoms in total. The van der Waals surface area contributed by atoms with Gasteiger partial charge in [0.2, 0.25) is 5.91 Å². The molecule has 4 heteroatoms. The fraction of sp³-hybridized carbons (Fsp3) is 0.923. The average Bonchev–Trinajstić information content (AvgIpc) is 2.64. The molecule has 17 heavy (non-hydrogen) atoms. The third-order valence-corrected chi connectivity index (χ3v) is 4.32. The lowest BCUT2D eigenvalue weighted by atomic mass is 9.83. The molecule has 2 aliphatic heterocycles. The van der Waals surface area contributed by atoms with Crippen molar-refractivity contribution < 1.29 is 9.90 Å². The lowest BCUT2D eigenvalue weighted by molar-refractivity contribution is -0.135. The molecule has 0 aliphatic carbocycles. The summed E-state index contributed by atoms with van der Waals surface area (Å²) in [5, 5.41) is 12.6. The Kier molecular flexibility index (Phi) is 3.73. The van der Waals surface area contributed by atoms with Gasteiger partial charge < -0.3 is 15.3 Å². The molecular formula is C13H24N2O2. The Morgan fingerprint density at radius 1 is 1.53 bits per heavy atom. The molecule has 2 saturated heterocycles. The summed E-state index contributed by atoms with van der Waals surface area (Å²) in [6.07, 6.45) is 2.10. The van der Waals surface area contributed by atoms with Gasteiger partial charge in [0.1, 0.15) is 0 Å². The zero-order chi connectivity index (χ0) is 12.5. The molecule has 2 rings (SSSR count). The molecule has 0 aromatic rings. The summed E-state index contributed by atoms with van der Waals surface area (Å²) in [6.45, 7) is 7.82. The zero-order valence-corrected chi connectivity index (χ0v) is 10.9. The highest BCUT2D eigenvalue weighted by Gasteiger charge is 2.42. The van der Waals surface area contributed by atoms with Gasteiger partial charge in [-0.1, -0.05) is 13.8 Å². The normalized spacial score (nSPS) is 32.8. The first kappa shape index (κ1) is 12.8. The van der Waals surface area contributed by atoms with Crippen molar-refractivity contribution >= 4 is 5.91 Å². The molecule has 1 amide bonds. The number of likely N-dealkylation sites (tertiary alicyclic amines) is 1. The van der Waals surface area contributed by atoms with Crippen LogP contribution >= 0.6 is 0 Å². The van der Waals surface area contributed by atoms with Crippen LogP contribution in [0.4, 0.5) is 0 Å². The summed E-state index contributed by atoms with van der Waals surface area (Å²) in [5.74, 6) is 0.654. The molecule has 2 heterocycles. The van der Waals surface area contributed by atoms with Crippen LogP contribution in [0, 0.1) is 17.3 Å². The fourth-order valence-corrected chi connectivity index (χ4v) is 2.99. The fourth-order valence-electron chi connectivity index (χ4n) is 2.99. The second kappa shape index (κ2) is 4.94. The molecule has 2 aliphatic rings. The largest absolute Gasteiger partial charge is 0.396 e. The Labute approximate surface area is 103 Å². The van der Waals surface area contributed by atoms with Crippen LogP contribution in [0.25, 0.3) is 0 Å². The minimum absolute atomic E-state index is 0.0481. The van der Waals surface area contributed by atoms with Crippen LogP contribution in [-0.4, -0.2) is 48.7 Å². The lowest BCUT2D eigenvalue weighted by Crippen LogP contribution is -2.42. The third kappa shape index (κ3) is 2.63. The first-order valence-electron chi connectivity index (χ1n) is 6.65. The maximum absolute atomic E-state index is 12.4. The van der Waals surface area contributed by atoms with Gasteiger partial charge in [0.05, 0.1) is 5.92 Å². The van der Waals surface area contributed by atoms with E-state index >= 15 is 0 Å². The molecule has 2 unspecified atom stereocenters. The van der Waals surface area contributed by atoms with Crippen molar-refractivity contribution in [2.24, 2.45) is 17.3 Å². The Morgan fingerprint density at radius 2 is 2.29 bits per heavy atom. The highest BCUT2D eigenvalue weighted by molar-refractivity contribution is 5.79. The van der Waals surface area contributed by atoms with Gasteiger partial charge in [0.25, 0.3) is 0 Å². The summed E-state index contributed by atoms with van der Waals surface area (Å²) >= 11 is 0. The standard InChI is InChI=1S/C13H24N2O2/c1-13(2)9-15(7-11(13)8-16)12(17)10-4-3-5-14-6-10/h10-11,14,16H,3-9H2,1-2H3. The second-order valence-corrected chi connectivity index (χ2v) is 6.13.